The van der Waals surface area contributed by atoms with E-state index in [0.29, 0.717) is 23.5 Å². The molecule has 0 aliphatic carbocycles. The second kappa shape index (κ2) is 9.47. The number of benzene rings is 2. The van der Waals surface area contributed by atoms with E-state index in [1.54, 1.807) is 36.4 Å². The van der Waals surface area contributed by atoms with E-state index in [0.717, 1.165) is 24.4 Å². The lowest BCUT2D eigenvalue weighted by molar-refractivity contribution is 0.0697. The van der Waals surface area contributed by atoms with Gasteiger partial charge in [0.15, 0.2) is 0 Å². The fraction of sp³-hybridized carbons (Fsp3) is 0.292. The number of carboxylic acids is 1. The van der Waals surface area contributed by atoms with E-state index in [4.69, 9.17) is 0 Å². The Morgan fingerprint density at radius 1 is 1.13 bits per heavy atom. The van der Waals surface area contributed by atoms with Gasteiger partial charge in [-0.1, -0.05) is 18.2 Å². The minimum Gasteiger partial charge on any atom is -0.478 e. The van der Waals surface area contributed by atoms with Gasteiger partial charge in [0, 0.05) is 37.1 Å². The van der Waals surface area contributed by atoms with Crippen LogP contribution in [0.2, 0.25) is 0 Å². The summed E-state index contributed by atoms with van der Waals surface area (Å²) < 4.78 is 1.98. The van der Waals surface area contributed by atoms with Gasteiger partial charge in [0.2, 0.25) is 0 Å². The van der Waals surface area contributed by atoms with Gasteiger partial charge in [0.05, 0.1) is 16.9 Å². The smallest absolute Gasteiger partial charge is 0.337 e. The van der Waals surface area contributed by atoms with Crippen LogP contribution in [0.3, 0.4) is 0 Å². The molecular formula is C24H28N4O3. The molecule has 0 aliphatic rings. The summed E-state index contributed by atoms with van der Waals surface area (Å²) in [7, 11) is 1.87. The molecule has 2 aromatic carbocycles. The fourth-order valence-corrected chi connectivity index (χ4v) is 3.71. The van der Waals surface area contributed by atoms with Crippen LogP contribution < -0.4 is 10.2 Å². The Labute approximate surface area is 182 Å². The first-order valence-corrected chi connectivity index (χ1v) is 10.3. The van der Waals surface area contributed by atoms with E-state index in [9.17, 15) is 14.7 Å². The zero-order valence-corrected chi connectivity index (χ0v) is 18.3. The van der Waals surface area contributed by atoms with Crippen LogP contribution in [0.5, 0.6) is 0 Å². The quantitative estimate of drug-likeness (QED) is 0.572. The van der Waals surface area contributed by atoms with Gasteiger partial charge in [-0.05, 0) is 63.1 Å². The molecule has 1 aromatic heterocycles. The second-order valence-corrected chi connectivity index (χ2v) is 7.49. The topological polar surface area (TPSA) is 87.5 Å². The van der Waals surface area contributed by atoms with Crippen LogP contribution in [-0.2, 0) is 13.0 Å². The second-order valence-electron chi connectivity index (χ2n) is 7.49. The zero-order valence-electron chi connectivity index (χ0n) is 18.3. The lowest BCUT2D eigenvalue weighted by Crippen LogP contribution is -2.23. The molecule has 0 radical (unpaired) electrons. The number of aromatic carboxylic acids is 1. The third-order valence-electron chi connectivity index (χ3n) is 5.46. The Bertz CT molecular complexity index is 1090. The first kappa shape index (κ1) is 22.1. The number of amides is 1. The van der Waals surface area contributed by atoms with E-state index >= 15 is 0 Å². The number of nitrogens with zero attached hydrogens (tertiary/aromatic N) is 3. The fourth-order valence-electron chi connectivity index (χ4n) is 3.71. The van der Waals surface area contributed by atoms with E-state index in [2.05, 4.69) is 24.3 Å². The van der Waals surface area contributed by atoms with Gasteiger partial charge in [-0.15, -0.1) is 0 Å². The normalized spacial score (nSPS) is 10.7. The van der Waals surface area contributed by atoms with E-state index in [1.807, 2.05) is 29.6 Å². The largest absolute Gasteiger partial charge is 0.478 e. The summed E-state index contributed by atoms with van der Waals surface area (Å²) in [6.07, 6.45) is 0.764. The average molecular weight is 421 g/mol. The number of carbonyl (C=O) groups excluding carboxylic acids is 1. The molecule has 0 saturated carbocycles. The molecule has 162 valence electrons. The molecule has 0 atom stereocenters. The van der Waals surface area contributed by atoms with Crippen LogP contribution in [0, 0.1) is 13.8 Å². The van der Waals surface area contributed by atoms with Crippen LogP contribution in [0.15, 0.2) is 48.5 Å². The predicted octanol–water partition coefficient (Wildman–Crippen LogP) is 4.15. The molecule has 0 unspecified atom stereocenters. The minimum atomic E-state index is -1.04. The number of anilines is 2. The molecule has 31 heavy (non-hydrogen) atoms. The monoisotopic (exact) mass is 420 g/mol. The molecule has 0 saturated heterocycles. The molecule has 1 heterocycles. The molecule has 1 amide bonds. The summed E-state index contributed by atoms with van der Waals surface area (Å²) >= 11 is 0. The Balaban J connectivity index is 1.77. The maximum atomic E-state index is 12.4. The van der Waals surface area contributed by atoms with Crippen molar-refractivity contribution in [3.05, 3.63) is 76.6 Å². The number of likely N-dealkylation sites (N-methyl/N-ethyl adjacent to an activating group) is 1. The Morgan fingerprint density at radius 2 is 1.84 bits per heavy atom. The molecule has 7 nitrogen and oxygen atoms in total. The SMILES string of the molecule is CCn1nc(C)c(CCN(C)c2ccc(NC(=O)c3ccccc3)cc2C(=O)O)c1C. The van der Waals surface area contributed by atoms with Crippen LogP contribution in [0.4, 0.5) is 11.4 Å². The van der Waals surface area contributed by atoms with Gasteiger partial charge in [-0.2, -0.15) is 5.10 Å². The van der Waals surface area contributed by atoms with Crippen molar-refractivity contribution in [2.24, 2.45) is 0 Å². The lowest BCUT2D eigenvalue weighted by atomic mass is 10.1. The summed E-state index contributed by atoms with van der Waals surface area (Å²) in [5.41, 5.74) is 5.04. The Morgan fingerprint density at radius 3 is 2.45 bits per heavy atom. The highest BCUT2D eigenvalue weighted by atomic mass is 16.4. The van der Waals surface area contributed by atoms with Crippen molar-refractivity contribution in [3.8, 4) is 0 Å². The van der Waals surface area contributed by atoms with Gasteiger partial charge in [0.1, 0.15) is 0 Å². The standard InChI is InChI=1S/C24H28N4O3/c1-5-28-17(3)20(16(2)26-28)13-14-27(4)22-12-11-19(15-21(22)24(30)31)25-23(29)18-9-7-6-8-10-18/h6-12,15H,5,13-14H2,1-4H3,(H,25,29)(H,30,31). The highest BCUT2D eigenvalue weighted by Gasteiger charge is 2.17. The van der Waals surface area contributed by atoms with Crippen molar-refractivity contribution in [1.82, 2.24) is 9.78 Å². The highest BCUT2D eigenvalue weighted by Crippen LogP contribution is 2.25. The van der Waals surface area contributed by atoms with Crippen LogP contribution in [0.25, 0.3) is 0 Å². The molecule has 0 aliphatic heterocycles. The Hall–Kier alpha value is -3.61. The van der Waals surface area contributed by atoms with Crippen LogP contribution >= 0.6 is 0 Å². The van der Waals surface area contributed by atoms with E-state index < -0.39 is 5.97 Å². The van der Waals surface area contributed by atoms with Gasteiger partial charge in [0.25, 0.3) is 5.91 Å². The zero-order chi connectivity index (χ0) is 22.5. The number of aryl methyl sites for hydroxylation is 2. The number of rotatable bonds is 8. The Kier molecular flexibility index (Phi) is 6.74. The first-order valence-electron chi connectivity index (χ1n) is 10.3. The van der Waals surface area contributed by atoms with Gasteiger partial charge >= 0.3 is 5.97 Å². The minimum absolute atomic E-state index is 0.144. The van der Waals surface area contributed by atoms with E-state index in [-0.39, 0.29) is 11.5 Å². The van der Waals surface area contributed by atoms with Gasteiger partial charge in [-0.3, -0.25) is 9.48 Å². The predicted molar refractivity (Wildman–Crippen MR) is 122 cm³/mol. The van der Waals surface area contributed by atoms with Crippen molar-refractivity contribution in [2.45, 2.75) is 33.7 Å². The molecule has 3 rings (SSSR count). The number of hydrogen-bond acceptors (Lipinski definition) is 4. The molecule has 7 heteroatoms. The average Bonchev–Trinajstić information content (AvgIpc) is 3.05. The summed E-state index contributed by atoms with van der Waals surface area (Å²) in [4.78, 5) is 26.2. The lowest BCUT2D eigenvalue weighted by Gasteiger charge is -2.22. The summed E-state index contributed by atoms with van der Waals surface area (Å²) in [6, 6.07) is 13.8. The number of carbonyl (C=O) groups is 2. The summed E-state index contributed by atoms with van der Waals surface area (Å²) in [6.45, 7) is 7.59. The number of hydrogen-bond donors (Lipinski definition) is 2. The van der Waals surface area contributed by atoms with Gasteiger partial charge in [-0.25, -0.2) is 4.79 Å². The van der Waals surface area contributed by atoms with Crippen molar-refractivity contribution >= 4 is 23.3 Å². The molecule has 3 aromatic rings. The number of aromatic nitrogens is 2. The summed E-state index contributed by atoms with van der Waals surface area (Å²) in [5, 5.41) is 17.1. The van der Waals surface area contributed by atoms with Gasteiger partial charge < -0.3 is 15.3 Å². The van der Waals surface area contributed by atoms with E-state index in [1.165, 1.54) is 11.6 Å². The summed E-state index contributed by atoms with van der Waals surface area (Å²) in [5.74, 6) is -1.32. The van der Waals surface area contributed by atoms with Crippen molar-refractivity contribution in [2.75, 3.05) is 23.8 Å². The third kappa shape index (κ3) is 4.94. The highest BCUT2D eigenvalue weighted by molar-refractivity contribution is 6.05. The number of nitrogens with one attached hydrogen (secondary N) is 1. The molecule has 0 fully saturated rings. The maximum absolute atomic E-state index is 12.4. The molecule has 0 bridgehead atoms. The third-order valence-corrected chi connectivity index (χ3v) is 5.46. The van der Waals surface area contributed by atoms with Crippen LogP contribution in [-0.4, -0.2) is 40.4 Å². The van der Waals surface area contributed by atoms with Crippen LogP contribution in [0.1, 0.15) is 44.6 Å². The van der Waals surface area contributed by atoms with Crippen molar-refractivity contribution in [3.63, 3.8) is 0 Å². The number of carboxylic acid groups (broad SMARTS) is 1. The molecular weight excluding hydrogens is 392 g/mol. The van der Waals surface area contributed by atoms with Crippen molar-refractivity contribution in [1.29, 1.82) is 0 Å². The van der Waals surface area contributed by atoms with Crippen molar-refractivity contribution < 1.29 is 14.7 Å². The first-order chi connectivity index (χ1) is 14.8. The molecule has 0 spiro atoms. The maximum Gasteiger partial charge on any atom is 0.337 e. The molecule has 2 N–H and O–H groups in total.